The SMILES string of the molecule is CC/C=C\C/C=C\C/C=C\C/C=C\CCCCCCC(=O)OC(CO)COP(=O)(O)OCC(COC(=O)CCCCCCC/C=C\C/C=C\C/C=C\CC)OC(=O)CCCCCCCCCCC/C=C\CCCCCCCC. The number of phosphoric ester groups is 1. The van der Waals surface area contributed by atoms with Crippen molar-refractivity contribution in [2.24, 2.45) is 0 Å². The Morgan fingerprint density at radius 3 is 1.04 bits per heavy atom. The molecule has 0 saturated carbocycles. The molecule has 3 atom stereocenters. The number of phosphoric acid groups is 1. The van der Waals surface area contributed by atoms with E-state index in [2.05, 4.69) is 118 Å². The monoisotopic (exact) mass is 1110 g/mol. The minimum atomic E-state index is -4.77. The summed E-state index contributed by atoms with van der Waals surface area (Å²) in [5, 5.41) is 9.84. The van der Waals surface area contributed by atoms with Gasteiger partial charge in [-0.05, 0) is 116 Å². The molecular formula is C66H113O11P. The lowest BCUT2D eigenvalue weighted by atomic mass is 10.1. The van der Waals surface area contributed by atoms with Gasteiger partial charge in [-0.3, -0.25) is 23.4 Å². The average molecular weight is 1110 g/mol. The highest BCUT2D eigenvalue weighted by atomic mass is 31.2. The molecule has 0 spiro atoms. The largest absolute Gasteiger partial charge is 0.472 e. The summed E-state index contributed by atoms with van der Waals surface area (Å²) in [6, 6.07) is 0. The molecule has 11 nitrogen and oxygen atoms in total. The summed E-state index contributed by atoms with van der Waals surface area (Å²) in [6.07, 6.45) is 70.7. The summed E-state index contributed by atoms with van der Waals surface area (Å²) in [5.74, 6) is -1.51. The Hall–Kier alpha value is -3.60. The number of esters is 3. The van der Waals surface area contributed by atoms with E-state index in [0.717, 1.165) is 122 Å². The Labute approximate surface area is 476 Å². The summed E-state index contributed by atoms with van der Waals surface area (Å²) in [6.45, 7) is 4.39. The van der Waals surface area contributed by atoms with Gasteiger partial charge in [0.1, 0.15) is 12.7 Å². The Morgan fingerprint density at radius 1 is 0.372 bits per heavy atom. The van der Waals surface area contributed by atoms with Crippen LogP contribution in [0.2, 0.25) is 0 Å². The first-order chi connectivity index (χ1) is 38.2. The van der Waals surface area contributed by atoms with Gasteiger partial charge in [0.2, 0.25) is 0 Å². The third-order valence-corrected chi connectivity index (χ3v) is 13.9. The van der Waals surface area contributed by atoms with Gasteiger partial charge in [0.15, 0.2) is 6.10 Å². The molecule has 0 amide bonds. The van der Waals surface area contributed by atoms with Crippen LogP contribution in [-0.2, 0) is 42.2 Å². The van der Waals surface area contributed by atoms with Crippen molar-refractivity contribution >= 4 is 25.7 Å². The lowest BCUT2D eigenvalue weighted by molar-refractivity contribution is -0.161. The van der Waals surface area contributed by atoms with Crippen molar-refractivity contribution in [1.82, 2.24) is 0 Å². The number of carbonyl (C=O) groups is 3. The van der Waals surface area contributed by atoms with Crippen LogP contribution < -0.4 is 0 Å². The Bertz CT molecular complexity index is 1680. The first-order valence-electron chi connectivity index (χ1n) is 31.1. The van der Waals surface area contributed by atoms with Gasteiger partial charge in [0.05, 0.1) is 19.8 Å². The van der Waals surface area contributed by atoms with E-state index in [1.54, 1.807) is 0 Å². The molecule has 0 aromatic heterocycles. The van der Waals surface area contributed by atoms with Crippen molar-refractivity contribution in [3.05, 3.63) is 97.2 Å². The molecule has 0 aliphatic rings. The second-order valence-corrected chi connectivity index (χ2v) is 21.9. The van der Waals surface area contributed by atoms with Crippen molar-refractivity contribution < 1.29 is 52.2 Å². The Kier molecular flexibility index (Phi) is 56.8. The van der Waals surface area contributed by atoms with Crippen molar-refractivity contribution in [1.29, 1.82) is 0 Å². The zero-order valence-corrected chi connectivity index (χ0v) is 50.5. The molecule has 0 bridgehead atoms. The van der Waals surface area contributed by atoms with Gasteiger partial charge < -0.3 is 24.2 Å². The number of hydrogen-bond donors (Lipinski definition) is 2. The number of allylic oxidation sites excluding steroid dienone is 16. The summed E-state index contributed by atoms with van der Waals surface area (Å²) < 4.78 is 39.6. The fraction of sp³-hybridized carbons (Fsp3) is 0.712. The van der Waals surface area contributed by atoms with E-state index in [1.165, 1.54) is 83.5 Å². The second-order valence-electron chi connectivity index (χ2n) is 20.5. The molecule has 0 saturated heterocycles. The minimum absolute atomic E-state index is 0.144. The smallest absolute Gasteiger partial charge is 0.462 e. The van der Waals surface area contributed by atoms with Gasteiger partial charge in [-0.2, -0.15) is 0 Å². The Morgan fingerprint density at radius 2 is 0.667 bits per heavy atom. The predicted octanol–water partition coefficient (Wildman–Crippen LogP) is 18.8. The third-order valence-electron chi connectivity index (χ3n) is 13.0. The highest BCUT2D eigenvalue weighted by Gasteiger charge is 2.28. The molecule has 0 heterocycles. The molecule has 0 aromatic carbocycles. The molecule has 78 heavy (non-hydrogen) atoms. The first kappa shape index (κ1) is 74.4. The number of unbranched alkanes of at least 4 members (excludes halogenated alkanes) is 24. The van der Waals surface area contributed by atoms with E-state index < -0.39 is 57.8 Å². The van der Waals surface area contributed by atoms with E-state index in [-0.39, 0.29) is 25.9 Å². The van der Waals surface area contributed by atoms with Crippen LogP contribution in [0.3, 0.4) is 0 Å². The molecule has 0 rings (SSSR count). The standard InChI is InChI=1S/C66H113O11P/c1-4-7-10-13-16-19-22-25-28-30-31-33-36-39-42-45-48-51-54-57-66(70)77-63(59-73-64(68)55-52-49-46-43-40-37-34-27-24-21-18-15-12-9-6-3)61-75-78(71,72)74-60-62(58-67)76-65(69)56-53-50-47-44-41-38-35-32-29-26-23-20-17-14-11-8-5-2/h8-9,11-12,17-18,20-21,25-29,34-35,38,62-63,67H,4-7,10,13-16,19,22-24,30-33,36-37,39-61H2,1-3H3,(H,71,72)/b11-8-,12-9-,20-17-,21-18-,28-25-,29-26-,34-27-,38-35-. The maximum absolute atomic E-state index is 12.9. The van der Waals surface area contributed by atoms with Crippen LogP contribution >= 0.6 is 7.82 Å². The van der Waals surface area contributed by atoms with Crippen LogP contribution in [0.15, 0.2) is 97.2 Å². The molecule has 448 valence electrons. The minimum Gasteiger partial charge on any atom is -0.462 e. The molecule has 2 N–H and O–H groups in total. The summed E-state index contributed by atoms with van der Waals surface area (Å²) >= 11 is 0. The van der Waals surface area contributed by atoms with E-state index in [1.807, 2.05) is 0 Å². The zero-order valence-electron chi connectivity index (χ0n) is 49.6. The molecular weight excluding hydrogens is 1000 g/mol. The van der Waals surface area contributed by atoms with Crippen LogP contribution in [0.1, 0.15) is 265 Å². The molecule has 0 aromatic rings. The van der Waals surface area contributed by atoms with Gasteiger partial charge in [-0.1, -0.05) is 227 Å². The molecule has 12 heteroatoms. The van der Waals surface area contributed by atoms with Gasteiger partial charge in [-0.25, -0.2) is 4.57 Å². The first-order valence-corrected chi connectivity index (χ1v) is 32.6. The number of hydrogen-bond acceptors (Lipinski definition) is 10. The van der Waals surface area contributed by atoms with Crippen molar-refractivity contribution in [3.63, 3.8) is 0 Å². The van der Waals surface area contributed by atoms with Gasteiger partial charge in [0.25, 0.3) is 0 Å². The van der Waals surface area contributed by atoms with Gasteiger partial charge in [-0.15, -0.1) is 0 Å². The fourth-order valence-corrected chi connectivity index (χ4v) is 9.08. The second kappa shape index (κ2) is 59.5. The number of ether oxygens (including phenoxy) is 3. The number of aliphatic hydroxyl groups is 1. The van der Waals surface area contributed by atoms with E-state index in [0.29, 0.717) is 19.3 Å². The molecule has 0 aliphatic carbocycles. The highest BCUT2D eigenvalue weighted by Crippen LogP contribution is 2.43. The lowest BCUT2D eigenvalue weighted by Crippen LogP contribution is -2.30. The van der Waals surface area contributed by atoms with Crippen molar-refractivity contribution in [2.45, 2.75) is 277 Å². The number of rotatable bonds is 57. The van der Waals surface area contributed by atoms with E-state index >= 15 is 0 Å². The predicted molar refractivity (Wildman–Crippen MR) is 325 cm³/mol. The van der Waals surface area contributed by atoms with Crippen molar-refractivity contribution in [3.8, 4) is 0 Å². The molecule has 0 aliphatic heterocycles. The van der Waals surface area contributed by atoms with Crippen LogP contribution in [0.25, 0.3) is 0 Å². The maximum Gasteiger partial charge on any atom is 0.472 e. The lowest BCUT2D eigenvalue weighted by Gasteiger charge is -2.21. The number of aliphatic hydroxyl groups excluding tert-OH is 1. The maximum atomic E-state index is 12.9. The summed E-state index contributed by atoms with van der Waals surface area (Å²) in [5.41, 5.74) is 0. The van der Waals surface area contributed by atoms with Crippen LogP contribution in [0, 0.1) is 0 Å². The van der Waals surface area contributed by atoms with Gasteiger partial charge in [0, 0.05) is 19.3 Å². The Balaban J connectivity index is 4.74. The molecule has 0 fully saturated rings. The van der Waals surface area contributed by atoms with Crippen LogP contribution in [-0.4, -0.2) is 66.5 Å². The highest BCUT2D eigenvalue weighted by molar-refractivity contribution is 7.47. The van der Waals surface area contributed by atoms with Crippen LogP contribution in [0.4, 0.5) is 0 Å². The van der Waals surface area contributed by atoms with E-state index in [4.69, 9.17) is 23.3 Å². The quantitative estimate of drug-likeness (QED) is 0.0197. The van der Waals surface area contributed by atoms with Crippen LogP contribution in [0.5, 0.6) is 0 Å². The third kappa shape index (κ3) is 57.1. The average Bonchev–Trinajstić information content (AvgIpc) is 3.43. The zero-order chi connectivity index (χ0) is 56.9. The van der Waals surface area contributed by atoms with E-state index in [9.17, 15) is 28.9 Å². The normalized spacial score (nSPS) is 14.0. The molecule has 0 radical (unpaired) electrons. The van der Waals surface area contributed by atoms with Gasteiger partial charge >= 0.3 is 25.7 Å². The molecule has 3 unspecified atom stereocenters. The summed E-state index contributed by atoms with van der Waals surface area (Å²) in [4.78, 5) is 48.7. The van der Waals surface area contributed by atoms with Crippen molar-refractivity contribution in [2.75, 3.05) is 26.4 Å². The number of carbonyl (C=O) groups excluding carboxylic acids is 3. The fourth-order valence-electron chi connectivity index (χ4n) is 8.30. The summed E-state index contributed by atoms with van der Waals surface area (Å²) in [7, 11) is -4.77. The topological polar surface area (TPSA) is 155 Å².